The van der Waals surface area contributed by atoms with Crippen LogP contribution in [0.1, 0.15) is 31.1 Å². The summed E-state index contributed by atoms with van der Waals surface area (Å²) in [5.41, 5.74) is 1.40. The van der Waals surface area contributed by atoms with Gasteiger partial charge in [0.2, 0.25) is 0 Å². The number of nitrogens with zero attached hydrogens (tertiary/aromatic N) is 2. The number of hydrogen-bond donors (Lipinski definition) is 1. The third-order valence-corrected chi connectivity index (χ3v) is 3.66. The first kappa shape index (κ1) is 17.9. The van der Waals surface area contributed by atoms with Crippen LogP contribution in [0.5, 0.6) is 5.75 Å². The lowest BCUT2D eigenvalue weighted by Crippen LogP contribution is -2.42. The van der Waals surface area contributed by atoms with Crippen molar-refractivity contribution in [3.05, 3.63) is 48.3 Å². The van der Waals surface area contributed by atoms with E-state index in [2.05, 4.69) is 4.98 Å². The van der Waals surface area contributed by atoms with Crippen LogP contribution in [0.3, 0.4) is 0 Å². The van der Waals surface area contributed by atoms with Gasteiger partial charge >= 0.3 is 0 Å². The van der Waals surface area contributed by atoms with E-state index in [9.17, 15) is 9.90 Å². The van der Waals surface area contributed by atoms with Crippen LogP contribution in [0, 0.1) is 0 Å². The molecule has 5 heteroatoms. The normalized spacial score (nSPS) is 11.2. The Kier molecular flexibility index (Phi) is 5.57. The molecule has 2 aromatic rings. The van der Waals surface area contributed by atoms with Crippen LogP contribution < -0.4 is 4.74 Å². The monoisotopic (exact) mass is 328 g/mol. The number of methoxy groups -OCH3 is 1. The van der Waals surface area contributed by atoms with E-state index in [0.29, 0.717) is 12.1 Å². The van der Waals surface area contributed by atoms with E-state index in [4.69, 9.17) is 4.74 Å². The molecule has 1 aromatic carbocycles. The predicted octanol–water partition coefficient (Wildman–Crippen LogP) is 2.99. The molecule has 5 nitrogen and oxygen atoms in total. The molecular weight excluding hydrogens is 304 g/mol. The molecule has 0 unspecified atom stereocenters. The van der Waals surface area contributed by atoms with Crippen molar-refractivity contribution >= 4 is 5.91 Å². The molecule has 2 rings (SSSR count). The van der Waals surface area contributed by atoms with Crippen molar-refractivity contribution in [2.45, 2.75) is 26.4 Å². The smallest absolute Gasteiger partial charge is 0.255 e. The standard InChI is InChI=1S/C19H24N2O3/c1-5-21(13-19(2,3)23)18(22)16-10-15(11-20-12-16)14-6-8-17(24-4)9-7-14/h6-12,23H,5,13H2,1-4H3. The highest BCUT2D eigenvalue weighted by atomic mass is 16.5. The molecule has 1 amide bonds. The quantitative estimate of drug-likeness (QED) is 0.885. The molecule has 0 fully saturated rings. The van der Waals surface area contributed by atoms with Gasteiger partial charge < -0.3 is 14.7 Å². The maximum absolute atomic E-state index is 12.7. The Labute approximate surface area is 142 Å². The molecule has 0 bridgehead atoms. The number of likely N-dealkylation sites (N-methyl/N-ethyl adjacent to an activating group) is 1. The van der Waals surface area contributed by atoms with Gasteiger partial charge in [-0.25, -0.2) is 0 Å². The van der Waals surface area contributed by atoms with Crippen LogP contribution >= 0.6 is 0 Å². The average Bonchev–Trinajstić information content (AvgIpc) is 2.58. The minimum Gasteiger partial charge on any atom is -0.497 e. The fourth-order valence-corrected chi connectivity index (χ4v) is 2.48. The van der Waals surface area contributed by atoms with E-state index in [0.717, 1.165) is 16.9 Å². The molecular formula is C19H24N2O3. The molecule has 0 aliphatic heterocycles. The van der Waals surface area contributed by atoms with Gasteiger partial charge in [0.25, 0.3) is 5.91 Å². The second-order valence-corrected chi connectivity index (χ2v) is 6.32. The fraction of sp³-hybridized carbons (Fsp3) is 0.368. The Hall–Kier alpha value is -2.40. The van der Waals surface area contributed by atoms with Crippen LogP contribution in [0.2, 0.25) is 0 Å². The number of rotatable bonds is 6. The molecule has 0 saturated carbocycles. The first-order valence-corrected chi connectivity index (χ1v) is 7.95. The Bertz CT molecular complexity index is 691. The van der Waals surface area contributed by atoms with Crippen LogP contribution in [-0.2, 0) is 0 Å². The van der Waals surface area contributed by atoms with Crippen molar-refractivity contribution in [2.24, 2.45) is 0 Å². The highest BCUT2D eigenvalue weighted by molar-refractivity contribution is 5.95. The lowest BCUT2D eigenvalue weighted by molar-refractivity contribution is 0.0314. The molecule has 0 aliphatic carbocycles. The summed E-state index contributed by atoms with van der Waals surface area (Å²) in [6, 6.07) is 9.42. The van der Waals surface area contributed by atoms with Crippen LogP contribution in [-0.4, -0.2) is 46.7 Å². The number of carbonyl (C=O) groups is 1. The zero-order valence-electron chi connectivity index (χ0n) is 14.6. The SMILES string of the molecule is CCN(CC(C)(C)O)C(=O)c1cncc(-c2ccc(OC)cc2)c1. The van der Waals surface area contributed by atoms with E-state index in [1.165, 1.54) is 0 Å². The van der Waals surface area contributed by atoms with E-state index in [-0.39, 0.29) is 12.5 Å². The van der Waals surface area contributed by atoms with Crippen molar-refractivity contribution < 1.29 is 14.6 Å². The van der Waals surface area contributed by atoms with Crippen molar-refractivity contribution in [1.29, 1.82) is 0 Å². The van der Waals surface area contributed by atoms with Gasteiger partial charge in [0, 0.05) is 31.0 Å². The van der Waals surface area contributed by atoms with E-state index < -0.39 is 5.60 Å². The van der Waals surface area contributed by atoms with Crippen LogP contribution in [0.4, 0.5) is 0 Å². The summed E-state index contributed by atoms with van der Waals surface area (Å²) in [5.74, 6) is 0.642. The molecule has 0 saturated heterocycles. The Morgan fingerprint density at radius 3 is 2.42 bits per heavy atom. The lowest BCUT2D eigenvalue weighted by Gasteiger charge is -2.28. The molecule has 0 radical (unpaired) electrons. The fourth-order valence-electron chi connectivity index (χ4n) is 2.48. The number of benzene rings is 1. The Balaban J connectivity index is 2.26. The maximum Gasteiger partial charge on any atom is 0.255 e. The van der Waals surface area contributed by atoms with Gasteiger partial charge in [0.1, 0.15) is 5.75 Å². The molecule has 0 aliphatic rings. The van der Waals surface area contributed by atoms with Crippen molar-refractivity contribution in [1.82, 2.24) is 9.88 Å². The van der Waals surface area contributed by atoms with Gasteiger partial charge in [-0.2, -0.15) is 0 Å². The number of aliphatic hydroxyl groups is 1. The maximum atomic E-state index is 12.7. The topological polar surface area (TPSA) is 62.7 Å². The van der Waals surface area contributed by atoms with Crippen molar-refractivity contribution in [3.63, 3.8) is 0 Å². The number of pyridine rings is 1. The molecule has 0 atom stereocenters. The summed E-state index contributed by atoms with van der Waals surface area (Å²) in [4.78, 5) is 18.5. The minimum atomic E-state index is -0.938. The van der Waals surface area contributed by atoms with Gasteiger partial charge in [-0.3, -0.25) is 9.78 Å². The molecule has 1 heterocycles. The summed E-state index contributed by atoms with van der Waals surface area (Å²) < 4.78 is 5.16. The highest BCUT2D eigenvalue weighted by Gasteiger charge is 2.22. The minimum absolute atomic E-state index is 0.137. The third-order valence-electron chi connectivity index (χ3n) is 3.66. The summed E-state index contributed by atoms with van der Waals surface area (Å²) in [7, 11) is 1.62. The molecule has 24 heavy (non-hydrogen) atoms. The highest BCUT2D eigenvalue weighted by Crippen LogP contribution is 2.23. The molecule has 1 N–H and O–H groups in total. The summed E-state index contributed by atoms with van der Waals surface area (Å²) >= 11 is 0. The van der Waals surface area contributed by atoms with Crippen LogP contribution in [0.15, 0.2) is 42.7 Å². The van der Waals surface area contributed by atoms with Gasteiger partial charge in [-0.15, -0.1) is 0 Å². The van der Waals surface area contributed by atoms with E-state index >= 15 is 0 Å². The van der Waals surface area contributed by atoms with Crippen LogP contribution in [0.25, 0.3) is 11.1 Å². The molecule has 0 spiro atoms. The number of hydrogen-bond acceptors (Lipinski definition) is 4. The van der Waals surface area contributed by atoms with E-state index in [1.54, 1.807) is 38.3 Å². The lowest BCUT2D eigenvalue weighted by atomic mass is 10.0. The van der Waals surface area contributed by atoms with Crippen molar-refractivity contribution in [2.75, 3.05) is 20.2 Å². The molecule has 1 aromatic heterocycles. The number of ether oxygens (including phenoxy) is 1. The summed E-state index contributed by atoms with van der Waals surface area (Å²) in [6.45, 7) is 6.07. The first-order chi connectivity index (χ1) is 11.3. The van der Waals surface area contributed by atoms with Gasteiger partial charge in [-0.1, -0.05) is 12.1 Å². The summed E-state index contributed by atoms with van der Waals surface area (Å²) in [6.07, 6.45) is 3.28. The predicted molar refractivity (Wildman–Crippen MR) is 94.1 cm³/mol. The average molecular weight is 328 g/mol. The first-order valence-electron chi connectivity index (χ1n) is 7.95. The second kappa shape index (κ2) is 7.45. The molecule has 128 valence electrons. The van der Waals surface area contributed by atoms with Gasteiger partial charge in [0.05, 0.1) is 18.3 Å². The van der Waals surface area contributed by atoms with E-state index in [1.807, 2.05) is 37.3 Å². The second-order valence-electron chi connectivity index (χ2n) is 6.32. The van der Waals surface area contributed by atoms with Gasteiger partial charge in [-0.05, 0) is 44.5 Å². The van der Waals surface area contributed by atoms with Gasteiger partial charge in [0.15, 0.2) is 0 Å². The third kappa shape index (κ3) is 4.55. The number of carbonyl (C=O) groups excluding carboxylic acids is 1. The Morgan fingerprint density at radius 2 is 1.88 bits per heavy atom. The number of aromatic nitrogens is 1. The zero-order chi connectivity index (χ0) is 17.7. The zero-order valence-corrected chi connectivity index (χ0v) is 14.6. The Morgan fingerprint density at radius 1 is 1.21 bits per heavy atom. The number of amides is 1. The summed E-state index contributed by atoms with van der Waals surface area (Å²) in [5, 5.41) is 9.98. The largest absolute Gasteiger partial charge is 0.497 e. The van der Waals surface area contributed by atoms with Crippen molar-refractivity contribution in [3.8, 4) is 16.9 Å².